The quantitative estimate of drug-likeness (QED) is 0.683. The topological polar surface area (TPSA) is 75.7 Å². The summed E-state index contributed by atoms with van der Waals surface area (Å²) in [6, 6.07) is 17.7. The molecule has 0 aliphatic carbocycles. The molecule has 1 aliphatic rings. The number of rotatable bonds is 4. The van der Waals surface area contributed by atoms with Gasteiger partial charge in [0.1, 0.15) is 4.90 Å². The van der Waals surface area contributed by atoms with Gasteiger partial charge in [0.15, 0.2) is 0 Å². The van der Waals surface area contributed by atoms with Crippen LogP contribution < -0.4 is 5.32 Å². The molecule has 1 fully saturated rings. The molecule has 1 amide bonds. The van der Waals surface area contributed by atoms with Crippen molar-refractivity contribution in [3.63, 3.8) is 0 Å². The summed E-state index contributed by atoms with van der Waals surface area (Å²) in [7, 11) is -3.81. The number of fused-ring (bicyclic) bond motifs is 1. The van der Waals surface area contributed by atoms with Gasteiger partial charge in [-0.1, -0.05) is 41.9 Å². The first-order chi connectivity index (χ1) is 13.9. The second-order valence-corrected chi connectivity index (χ2v) is 8.99. The number of carbonyl (C=O) groups excluding carboxylic acids is 1. The minimum Gasteiger partial charge on any atom is -0.379 e. The minimum absolute atomic E-state index is 0.0766. The second-order valence-electron chi connectivity index (χ2n) is 6.68. The number of nitrogens with zero attached hydrogens (tertiary/aromatic N) is 1. The third kappa shape index (κ3) is 4.13. The van der Waals surface area contributed by atoms with Crippen LogP contribution in [0.15, 0.2) is 65.6 Å². The van der Waals surface area contributed by atoms with Gasteiger partial charge in [-0.25, -0.2) is 8.42 Å². The van der Waals surface area contributed by atoms with Crippen molar-refractivity contribution in [1.29, 1.82) is 0 Å². The Morgan fingerprint density at radius 1 is 0.966 bits per heavy atom. The van der Waals surface area contributed by atoms with Gasteiger partial charge in [-0.05, 0) is 41.1 Å². The van der Waals surface area contributed by atoms with E-state index < -0.39 is 15.9 Å². The summed E-state index contributed by atoms with van der Waals surface area (Å²) in [4.78, 5) is 12.7. The number of hydrogen-bond donors (Lipinski definition) is 1. The zero-order valence-electron chi connectivity index (χ0n) is 15.5. The summed E-state index contributed by atoms with van der Waals surface area (Å²) in [5.41, 5.74) is 0.843. The van der Waals surface area contributed by atoms with Crippen LogP contribution in [-0.4, -0.2) is 44.9 Å². The number of anilines is 1. The molecular formula is C21H19ClN2O4S. The van der Waals surface area contributed by atoms with Crippen LogP contribution in [0.4, 0.5) is 5.69 Å². The largest absolute Gasteiger partial charge is 0.379 e. The van der Waals surface area contributed by atoms with Crippen molar-refractivity contribution < 1.29 is 17.9 Å². The summed E-state index contributed by atoms with van der Waals surface area (Å²) in [5.74, 6) is -0.407. The predicted molar refractivity (Wildman–Crippen MR) is 113 cm³/mol. The van der Waals surface area contributed by atoms with E-state index in [0.29, 0.717) is 18.9 Å². The molecule has 3 aromatic rings. The lowest BCUT2D eigenvalue weighted by atomic mass is 10.1. The Labute approximate surface area is 174 Å². The van der Waals surface area contributed by atoms with Gasteiger partial charge in [0, 0.05) is 24.3 Å². The van der Waals surface area contributed by atoms with Gasteiger partial charge in [-0.15, -0.1) is 0 Å². The van der Waals surface area contributed by atoms with E-state index in [1.807, 2.05) is 42.5 Å². The maximum atomic E-state index is 12.9. The van der Waals surface area contributed by atoms with Crippen LogP contribution in [0.3, 0.4) is 0 Å². The minimum atomic E-state index is -3.81. The Bertz CT molecular complexity index is 1170. The second kappa shape index (κ2) is 8.12. The van der Waals surface area contributed by atoms with E-state index in [1.54, 1.807) is 0 Å². The van der Waals surface area contributed by atoms with Gasteiger partial charge >= 0.3 is 0 Å². The van der Waals surface area contributed by atoms with Crippen LogP contribution in [-0.2, 0) is 14.8 Å². The van der Waals surface area contributed by atoms with Gasteiger partial charge in [-0.2, -0.15) is 4.31 Å². The normalized spacial score (nSPS) is 15.3. The van der Waals surface area contributed by atoms with Crippen LogP contribution in [0, 0.1) is 0 Å². The van der Waals surface area contributed by atoms with Gasteiger partial charge in [0.25, 0.3) is 5.91 Å². The first-order valence-electron chi connectivity index (χ1n) is 9.13. The number of benzene rings is 3. The first kappa shape index (κ1) is 19.8. The molecule has 8 heteroatoms. The fourth-order valence-electron chi connectivity index (χ4n) is 3.24. The molecule has 0 unspecified atom stereocenters. The number of amides is 1. The maximum Gasteiger partial charge on any atom is 0.255 e. The molecule has 1 heterocycles. The van der Waals surface area contributed by atoms with Gasteiger partial charge in [0.2, 0.25) is 10.0 Å². The van der Waals surface area contributed by atoms with E-state index in [-0.39, 0.29) is 28.6 Å². The zero-order valence-corrected chi connectivity index (χ0v) is 17.0. The highest BCUT2D eigenvalue weighted by Gasteiger charge is 2.29. The molecule has 0 saturated carbocycles. The van der Waals surface area contributed by atoms with E-state index in [9.17, 15) is 13.2 Å². The highest BCUT2D eigenvalue weighted by atomic mass is 35.5. The van der Waals surface area contributed by atoms with Crippen molar-refractivity contribution in [1.82, 2.24) is 4.31 Å². The first-order valence-corrected chi connectivity index (χ1v) is 10.9. The predicted octanol–water partition coefficient (Wildman–Crippen LogP) is 3.77. The number of ether oxygens (including phenoxy) is 1. The van der Waals surface area contributed by atoms with Gasteiger partial charge in [0.05, 0.1) is 18.2 Å². The molecule has 4 rings (SSSR count). The van der Waals surface area contributed by atoms with Crippen LogP contribution in [0.5, 0.6) is 0 Å². The molecule has 1 N–H and O–H groups in total. The van der Waals surface area contributed by atoms with Gasteiger partial charge in [-0.3, -0.25) is 4.79 Å². The Balaban J connectivity index is 1.61. The summed E-state index contributed by atoms with van der Waals surface area (Å²) < 4.78 is 32.4. The molecule has 3 aromatic carbocycles. The summed E-state index contributed by atoms with van der Waals surface area (Å²) in [5, 5.41) is 4.96. The van der Waals surface area contributed by atoms with Crippen molar-refractivity contribution in [2.24, 2.45) is 0 Å². The highest BCUT2D eigenvalue weighted by Crippen LogP contribution is 2.27. The van der Waals surface area contributed by atoms with Crippen molar-refractivity contribution >= 4 is 44.0 Å². The summed E-state index contributed by atoms with van der Waals surface area (Å²) >= 11 is 6.16. The van der Waals surface area contributed by atoms with Crippen LogP contribution in [0.1, 0.15) is 10.4 Å². The Kier molecular flexibility index (Phi) is 5.56. The Morgan fingerprint density at radius 2 is 1.69 bits per heavy atom. The molecule has 29 heavy (non-hydrogen) atoms. The molecular weight excluding hydrogens is 412 g/mol. The average molecular weight is 431 g/mol. The van der Waals surface area contributed by atoms with Crippen LogP contribution in [0.2, 0.25) is 5.02 Å². The third-order valence-corrected chi connectivity index (χ3v) is 7.17. The van der Waals surface area contributed by atoms with Crippen LogP contribution >= 0.6 is 11.6 Å². The highest BCUT2D eigenvalue weighted by molar-refractivity contribution is 7.89. The maximum absolute atomic E-state index is 12.9. The van der Waals surface area contributed by atoms with Crippen molar-refractivity contribution in [2.45, 2.75) is 4.90 Å². The number of morpholine rings is 1. The average Bonchev–Trinajstić information content (AvgIpc) is 2.74. The molecule has 1 saturated heterocycles. The number of nitrogens with one attached hydrogen (secondary N) is 1. The Hall–Kier alpha value is -2.45. The number of carbonyl (C=O) groups is 1. The lowest BCUT2D eigenvalue weighted by Crippen LogP contribution is -2.40. The fourth-order valence-corrected chi connectivity index (χ4v) is 5.15. The summed E-state index contributed by atoms with van der Waals surface area (Å²) in [6.45, 7) is 1.18. The Morgan fingerprint density at radius 3 is 2.45 bits per heavy atom. The fraction of sp³-hybridized carbons (Fsp3) is 0.190. The molecule has 0 atom stereocenters. The standard InChI is InChI=1S/C21H19ClN2O4S/c22-19-8-6-17(14-20(19)29(26,27)24-9-11-28-12-10-24)21(25)23-18-7-5-15-3-1-2-4-16(15)13-18/h1-8,13-14H,9-12H2,(H,23,25). The third-order valence-electron chi connectivity index (χ3n) is 4.79. The van der Waals surface area contributed by atoms with E-state index in [1.165, 1.54) is 22.5 Å². The monoisotopic (exact) mass is 430 g/mol. The van der Waals surface area contributed by atoms with Crippen molar-refractivity contribution in [2.75, 3.05) is 31.6 Å². The van der Waals surface area contributed by atoms with Crippen molar-refractivity contribution in [3.8, 4) is 0 Å². The smallest absolute Gasteiger partial charge is 0.255 e. The van der Waals surface area contributed by atoms with E-state index >= 15 is 0 Å². The van der Waals surface area contributed by atoms with E-state index in [4.69, 9.17) is 16.3 Å². The molecule has 0 aromatic heterocycles. The molecule has 0 radical (unpaired) electrons. The molecule has 150 valence electrons. The molecule has 0 bridgehead atoms. The number of sulfonamides is 1. The lowest BCUT2D eigenvalue weighted by molar-refractivity contribution is 0.0730. The molecule has 1 aliphatic heterocycles. The molecule has 6 nitrogen and oxygen atoms in total. The van der Waals surface area contributed by atoms with Crippen LogP contribution in [0.25, 0.3) is 10.8 Å². The number of hydrogen-bond acceptors (Lipinski definition) is 4. The SMILES string of the molecule is O=C(Nc1ccc2ccccc2c1)c1ccc(Cl)c(S(=O)(=O)N2CCOCC2)c1. The van der Waals surface area contributed by atoms with E-state index in [0.717, 1.165) is 10.8 Å². The molecule has 0 spiro atoms. The number of halogens is 1. The summed E-state index contributed by atoms with van der Waals surface area (Å²) in [6.07, 6.45) is 0. The van der Waals surface area contributed by atoms with Crippen molar-refractivity contribution in [3.05, 3.63) is 71.2 Å². The van der Waals surface area contributed by atoms with E-state index in [2.05, 4.69) is 5.32 Å². The zero-order chi connectivity index (χ0) is 20.4. The van der Waals surface area contributed by atoms with Gasteiger partial charge < -0.3 is 10.1 Å². The lowest BCUT2D eigenvalue weighted by Gasteiger charge is -2.26.